The highest BCUT2D eigenvalue weighted by Crippen LogP contribution is 2.14. The van der Waals surface area contributed by atoms with E-state index in [0.29, 0.717) is 0 Å². The van der Waals surface area contributed by atoms with Crippen LogP contribution >= 0.6 is 0 Å². The summed E-state index contributed by atoms with van der Waals surface area (Å²) in [5, 5.41) is 0. The number of nitrogens with zero attached hydrogens (tertiary/aromatic N) is 6. The first-order chi connectivity index (χ1) is 23.9. The number of likely N-dealkylation sites (tertiary alicyclic amines) is 2. The minimum absolute atomic E-state index is 0. The second-order valence-electron chi connectivity index (χ2n) is 13.7. The van der Waals surface area contributed by atoms with Crippen molar-refractivity contribution >= 4 is 0 Å². The van der Waals surface area contributed by atoms with Gasteiger partial charge in [-0.2, -0.15) is 0 Å². The molecule has 0 aromatic carbocycles. The normalized spacial score (nSPS) is 20.2. The predicted octanol–water partition coefficient (Wildman–Crippen LogP) is 10.9. The number of likely N-dealkylation sites (N-methyl/N-ethyl adjacent to an activating group) is 4. The van der Waals surface area contributed by atoms with Crippen LogP contribution in [0.3, 0.4) is 0 Å². The van der Waals surface area contributed by atoms with Gasteiger partial charge < -0.3 is 29.4 Å². The summed E-state index contributed by atoms with van der Waals surface area (Å²) in [5.41, 5.74) is 3.09. The van der Waals surface area contributed by atoms with E-state index in [1.165, 1.54) is 104 Å². The Bertz CT molecular complexity index is 565. The Hall–Kier alpha value is -0.760. The molecule has 0 N–H and O–H groups in total. The highest BCUT2D eigenvalue weighted by atomic mass is 15.2. The van der Waals surface area contributed by atoms with Crippen LogP contribution in [0, 0.1) is 11.8 Å². The first kappa shape index (κ1) is 62.2. The number of hydrogen-bond acceptors (Lipinski definition) is 6. The minimum atomic E-state index is 0. The van der Waals surface area contributed by atoms with Gasteiger partial charge in [-0.25, -0.2) is 0 Å². The van der Waals surface area contributed by atoms with Gasteiger partial charge in [0.25, 0.3) is 0 Å². The Kier molecular flexibility index (Phi) is 57.7. The van der Waals surface area contributed by atoms with E-state index < -0.39 is 0 Å². The van der Waals surface area contributed by atoms with Crippen LogP contribution < -0.4 is 0 Å². The van der Waals surface area contributed by atoms with Crippen molar-refractivity contribution in [2.24, 2.45) is 11.8 Å². The molecule has 0 unspecified atom stereocenters. The van der Waals surface area contributed by atoms with Crippen molar-refractivity contribution in [3.8, 4) is 0 Å². The Morgan fingerprint density at radius 1 is 0.373 bits per heavy atom. The van der Waals surface area contributed by atoms with Gasteiger partial charge in [-0.1, -0.05) is 114 Å². The fourth-order valence-electron chi connectivity index (χ4n) is 4.93. The van der Waals surface area contributed by atoms with E-state index in [-0.39, 0.29) is 7.43 Å². The summed E-state index contributed by atoms with van der Waals surface area (Å²) in [5.74, 6) is 1.96. The summed E-state index contributed by atoms with van der Waals surface area (Å²) in [6, 6.07) is 0. The highest BCUT2D eigenvalue weighted by Gasteiger charge is 2.12. The molecule has 0 aromatic rings. The molecule has 0 bridgehead atoms. The molecule has 0 atom stereocenters. The lowest BCUT2D eigenvalue weighted by Gasteiger charge is -2.28. The second-order valence-corrected chi connectivity index (χ2v) is 13.7. The summed E-state index contributed by atoms with van der Waals surface area (Å²) in [6.07, 6.45) is 12.7. The van der Waals surface area contributed by atoms with E-state index in [2.05, 4.69) is 112 Å². The van der Waals surface area contributed by atoms with Crippen molar-refractivity contribution in [1.82, 2.24) is 29.4 Å². The highest BCUT2D eigenvalue weighted by molar-refractivity contribution is 5.03. The zero-order valence-corrected chi connectivity index (χ0v) is 38.7. The van der Waals surface area contributed by atoms with Gasteiger partial charge in [-0.3, -0.25) is 0 Å². The Morgan fingerprint density at radius 3 is 0.745 bits per heavy atom. The number of piperidine rings is 2. The van der Waals surface area contributed by atoms with Crippen LogP contribution in [0.2, 0.25) is 0 Å². The summed E-state index contributed by atoms with van der Waals surface area (Å²) in [4.78, 5) is 14.2. The van der Waals surface area contributed by atoms with Crippen LogP contribution in [0.5, 0.6) is 0 Å². The predicted molar refractivity (Wildman–Crippen MR) is 242 cm³/mol. The van der Waals surface area contributed by atoms with Crippen LogP contribution in [-0.4, -0.2) is 150 Å². The van der Waals surface area contributed by atoms with E-state index in [0.717, 1.165) is 24.9 Å². The first-order valence-electron chi connectivity index (χ1n) is 21.4. The number of rotatable bonds is 0. The van der Waals surface area contributed by atoms with Gasteiger partial charge in [0.1, 0.15) is 0 Å². The van der Waals surface area contributed by atoms with Crippen LogP contribution in [-0.2, 0) is 0 Å². The molecular formula is C45H104N6. The SMILES string of the molecule is C.CC.CC.CC.CC.CC.CC1=CCN(C)CC1.CC1=CCN(C)CC1.CC1CCN(C)CC1.CC1CCN(C)CC1.CN1CCN(C)CC1. The molecule has 0 saturated carbocycles. The van der Waals surface area contributed by atoms with Gasteiger partial charge in [0, 0.05) is 52.4 Å². The second kappa shape index (κ2) is 47.3. The number of piperazine rings is 1. The van der Waals surface area contributed by atoms with Gasteiger partial charge in [0.2, 0.25) is 0 Å². The molecule has 0 aromatic heterocycles. The summed E-state index contributed by atoms with van der Waals surface area (Å²) in [7, 11) is 13.1. The lowest BCUT2D eigenvalue weighted by atomic mass is 10.00. The van der Waals surface area contributed by atoms with Crippen LogP contribution in [0.25, 0.3) is 0 Å². The molecule has 5 rings (SSSR count). The fraction of sp³-hybridized carbons (Fsp3) is 0.911. The molecular weight excluding hydrogens is 625 g/mol. The molecule has 5 heterocycles. The van der Waals surface area contributed by atoms with E-state index in [9.17, 15) is 0 Å². The standard InChI is InChI=1S/2C7H15N.2C7H13N.C6H14N2.5C2H6.CH4/c5*1-7-3-5-8(2)6-4-7;5*1-2;/h2*7H,3-6H2,1-2H3;2*3H,4-6H2,1-2H3;3-6H2,1-2H3;5*1-2H3;1H4. The Morgan fingerprint density at radius 2 is 0.588 bits per heavy atom. The molecule has 0 spiro atoms. The zero-order valence-electron chi connectivity index (χ0n) is 38.7. The quantitative estimate of drug-likeness (QED) is 0.230. The third kappa shape index (κ3) is 45.3. The van der Waals surface area contributed by atoms with E-state index in [1.54, 1.807) is 11.1 Å². The first-order valence-corrected chi connectivity index (χ1v) is 21.4. The van der Waals surface area contributed by atoms with E-state index in [1.807, 2.05) is 69.2 Å². The smallest absolute Gasteiger partial charge is 0.0162 e. The fourth-order valence-corrected chi connectivity index (χ4v) is 4.93. The molecule has 3 fully saturated rings. The summed E-state index contributed by atoms with van der Waals surface area (Å²) >= 11 is 0. The topological polar surface area (TPSA) is 19.4 Å². The van der Waals surface area contributed by atoms with E-state index >= 15 is 0 Å². The molecule has 6 nitrogen and oxygen atoms in total. The van der Waals surface area contributed by atoms with Crippen LogP contribution in [0.1, 0.15) is 143 Å². The van der Waals surface area contributed by atoms with Crippen molar-refractivity contribution in [3.63, 3.8) is 0 Å². The maximum Gasteiger partial charge on any atom is 0.0162 e. The monoisotopic (exact) mass is 729 g/mol. The van der Waals surface area contributed by atoms with Crippen LogP contribution in [0.15, 0.2) is 23.3 Å². The molecule has 6 heteroatoms. The van der Waals surface area contributed by atoms with Crippen molar-refractivity contribution in [1.29, 1.82) is 0 Å². The third-order valence-electron chi connectivity index (χ3n) is 9.02. The summed E-state index contributed by atoms with van der Waals surface area (Å²) < 4.78 is 0. The molecule has 3 saturated heterocycles. The van der Waals surface area contributed by atoms with Gasteiger partial charge in [-0.15, -0.1) is 0 Å². The van der Waals surface area contributed by atoms with Crippen molar-refractivity contribution in [2.45, 2.75) is 143 Å². The largest absolute Gasteiger partial charge is 0.306 e. The van der Waals surface area contributed by atoms with Gasteiger partial charge in [0.05, 0.1) is 0 Å². The lowest BCUT2D eigenvalue weighted by molar-refractivity contribution is 0.181. The van der Waals surface area contributed by atoms with Crippen molar-refractivity contribution < 1.29 is 0 Å². The van der Waals surface area contributed by atoms with Crippen molar-refractivity contribution in [3.05, 3.63) is 23.3 Å². The minimum Gasteiger partial charge on any atom is -0.306 e. The Labute approximate surface area is 327 Å². The maximum absolute atomic E-state index is 2.40. The molecule has 0 aliphatic carbocycles. The Balaban J connectivity index is -0.000000116. The zero-order chi connectivity index (χ0) is 39.9. The molecule has 0 radical (unpaired) electrons. The van der Waals surface area contributed by atoms with Crippen LogP contribution in [0.4, 0.5) is 0 Å². The molecule has 0 amide bonds. The maximum atomic E-state index is 2.40. The van der Waals surface area contributed by atoms with Gasteiger partial charge in [-0.05, 0) is 133 Å². The van der Waals surface area contributed by atoms with Gasteiger partial charge >= 0.3 is 0 Å². The van der Waals surface area contributed by atoms with Crippen molar-refractivity contribution in [2.75, 3.05) is 121 Å². The summed E-state index contributed by atoms with van der Waals surface area (Å²) in [6.45, 7) is 44.0. The lowest BCUT2D eigenvalue weighted by Crippen LogP contribution is -2.42. The number of hydrogen-bond donors (Lipinski definition) is 0. The van der Waals surface area contributed by atoms with E-state index in [4.69, 9.17) is 0 Å². The average molecular weight is 729 g/mol. The molecule has 51 heavy (non-hydrogen) atoms. The van der Waals surface area contributed by atoms with Gasteiger partial charge in [0.15, 0.2) is 0 Å². The molecule has 5 aliphatic heterocycles. The molecule has 5 aliphatic rings. The molecule has 314 valence electrons. The average Bonchev–Trinajstić information content (AvgIpc) is 3.16. The third-order valence-corrected chi connectivity index (χ3v) is 9.02.